The Labute approximate surface area is 65.7 Å². The van der Waals surface area contributed by atoms with Crippen LogP contribution in [0.3, 0.4) is 0 Å². The molecule has 0 saturated carbocycles. The Morgan fingerprint density at radius 3 is 1.73 bits per heavy atom. The molecule has 0 aromatic heterocycles. The number of rotatable bonds is 2. The molecule has 1 aliphatic heterocycles. The molecule has 0 bridgehead atoms. The summed E-state index contributed by atoms with van der Waals surface area (Å²) < 4.78 is 10.5. The Morgan fingerprint density at radius 2 is 1.45 bits per heavy atom. The zero-order valence-electron chi connectivity index (χ0n) is 6.78. The molecule has 1 rings (SSSR count). The number of hydrogen-bond donors (Lipinski definition) is 2. The van der Waals surface area contributed by atoms with Crippen LogP contribution in [0.5, 0.6) is 0 Å². The second kappa shape index (κ2) is 3.06. The van der Waals surface area contributed by atoms with E-state index in [1.165, 1.54) is 0 Å². The van der Waals surface area contributed by atoms with Crippen molar-refractivity contribution >= 4 is 0 Å². The topological polar surface area (TPSA) is 58.9 Å². The summed E-state index contributed by atoms with van der Waals surface area (Å²) in [6.07, 6.45) is -0.787. The van der Waals surface area contributed by atoms with E-state index < -0.39 is 18.0 Å². The van der Waals surface area contributed by atoms with Gasteiger partial charge in [-0.2, -0.15) is 0 Å². The molecule has 1 fully saturated rings. The summed E-state index contributed by atoms with van der Waals surface area (Å²) in [6, 6.07) is 0. The predicted molar refractivity (Wildman–Crippen MR) is 38.0 cm³/mol. The molecular formula is C7H14O4. The van der Waals surface area contributed by atoms with E-state index in [1.807, 2.05) is 0 Å². The van der Waals surface area contributed by atoms with Gasteiger partial charge < -0.3 is 19.7 Å². The van der Waals surface area contributed by atoms with Crippen LogP contribution >= 0.6 is 0 Å². The summed E-state index contributed by atoms with van der Waals surface area (Å²) in [5.41, 5.74) is 0. The van der Waals surface area contributed by atoms with Crippen molar-refractivity contribution in [3.63, 3.8) is 0 Å². The lowest BCUT2D eigenvalue weighted by Gasteiger charge is -2.16. The summed E-state index contributed by atoms with van der Waals surface area (Å²) in [4.78, 5) is 0. The summed E-state index contributed by atoms with van der Waals surface area (Å²) in [5, 5.41) is 17.6. The van der Waals surface area contributed by atoms with Gasteiger partial charge in [0.25, 0.3) is 0 Å². The van der Waals surface area contributed by atoms with Crippen molar-refractivity contribution in [3.8, 4) is 0 Å². The Hall–Kier alpha value is -0.160. The van der Waals surface area contributed by atoms with Gasteiger partial charge in [0.05, 0.1) is 13.2 Å². The number of aliphatic hydroxyl groups is 2. The van der Waals surface area contributed by atoms with Crippen molar-refractivity contribution in [1.29, 1.82) is 0 Å². The average molecular weight is 162 g/mol. The van der Waals surface area contributed by atoms with Gasteiger partial charge in [-0.15, -0.1) is 0 Å². The van der Waals surface area contributed by atoms with Crippen LogP contribution < -0.4 is 0 Å². The molecule has 1 aliphatic rings. The molecule has 66 valence electrons. The van der Waals surface area contributed by atoms with Crippen molar-refractivity contribution in [1.82, 2.24) is 0 Å². The van der Waals surface area contributed by atoms with Crippen LogP contribution in [0.1, 0.15) is 13.8 Å². The number of aliphatic hydroxyl groups excluding tert-OH is 2. The molecule has 4 heteroatoms. The monoisotopic (exact) mass is 162 g/mol. The van der Waals surface area contributed by atoms with Crippen molar-refractivity contribution < 1.29 is 19.7 Å². The van der Waals surface area contributed by atoms with Gasteiger partial charge in [0.1, 0.15) is 12.2 Å². The standard InChI is InChI=1S/C7H14O4/c1-7(2)10-5(3-8)6(4-9)11-7/h5-6,8-9H,3-4H2,1-2H3/t5-,6+. The first kappa shape index (κ1) is 8.93. The highest BCUT2D eigenvalue weighted by molar-refractivity contribution is 4.79. The van der Waals surface area contributed by atoms with Gasteiger partial charge >= 0.3 is 0 Å². The van der Waals surface area contributed by atoms with E-state index in [-0.39, 0.29) is 13.2 Å². The average Bonchev–Trinajstić information content (AvgIpc) is 2.25. The molecule has 0 amide bonds. The number of hydrogen-bond acceptors (Lipinski definition) is 4. The fourth-order valence-corrected chi connectivity index (χ4v) is 1.22. The minimum atomic E-state index is -0.680. The summed E-state index contributed by atoms with van der Waals surface area (Å²) in [7, 11) is 0. The maximum atomic E-state index is 8.78. The van der Waals surface area contributed by atoms with Crippen LogP contribution in [0.4, 0.5) is 0 Å². The van der Waals surface area contributed by atoms with E-state index >= 15 is 0 Å². The van der Waals surface area contributed by atoms with Crippen LogP contribution in [0, 0.1) is 0 Å². The van der Waals surface area contributed by atoms with Crippen LogP contribution in [-0.2, 0) is 9.47 Å². The smallest absolute Gasteiger partial charge is 0.163 e. The third kappa shape index (κ3) is 1.90. The van der Waals surface area contributed by atoms with Crippen molar-refractivity contribution in [3.05, 3.63) is 0 Å². The highest BCUT2D eigenvalue weighted by atomic mass is 16.8. The highest BCUT2D eigenvalue weighted by Gasteiger charge is 2.40. The molecule has 1 saturated heterocycles. The molecule has 0 spiro atoms. The molecule has 0 aliphatic carbocycles. The van der Waals surface area contributed by atoms with Crippen molar-refractivity contribution in [2.24, 2.45) is 0 Å². The van der Waals surface area contributed by atoms with Crippen LogP contribution in [0.25, 0.3) is 0 Å². The maximum Gasteiger partial charge on any atom is 0.163 e. The normalized spacial score (nSPS) is 36.0. The van der Waals surface area contributed by atoms with E-state index in [4.69, 9.17) is 19.7 Å². The van der Waals surface area contributed by atoms with E-state index in [0.717, 1.165) is 0 Å². The second-order valence-corrected chi connectivity index (χ2v) is 3.08. The van der Waals surface area contributed by atoms with E-state index in [0.29, 0.717) is 0 Å². The lowest BCUT2D eigenvalue weighted by Crippen LogP contribution is -2.29. The van der Waals surface area contributed by atoms with Crippen LogP contribution in [0.15, 0.2) is 0 Å². The van der Waals surface area contributed by atoms with E-state index in [1.54, 1.807) is 13.8 Å². The zero-order chi connectivity index (χ0) is 8.48. The Bertz CT molecular complexity index is 120. The third-order valence-electron chi connectivity index (χ3n) is 1.64. The summed E-state index contributed by atoms with van der Waals surface area (Å²) in [5.74, 6) is -0.680. The fourth-order valence-electron chi connectivity index (χ4n) is 1.22. The van der Waals surface area contributed by atoms with E-state index in [9.17, 15) is 0 Å². The van der Waals surface area contributed by atoms with Crippen molar-refractivity contribution in [2.45, 2.75) is 31.8 Å². The predicted octanol–water partition coefficient (Wildman–Crippen LogP) is -0.509. The molecule has 11 heavy (non-hydrogen) atoms. The molecule has 2 N–H and O–H groups in total. The van der Waals surface area contributed by atoms with Gasteiger partial charge in [-0.25, -0.2) is 0 Å². The SMILES string of the molecule is CC1(C)O[C@@H](CO)[C@@H](CO)O1. The van der Waals surface area contributed by atoms with Gasteiger partial charge in [-0.1, -0.05) is 0 Å². The maximum absolute atomic E-state index is 8.78. The number of ether oxygens (including phenoxy) is 2. The summed E-state index contributed by atoms with van der Waals surface area (Å²) >= 11 is 0. The largest absolute Gasteiger partial charge is 0.394 e. The Kier molecular flexibility index (Phi) is 2.49. The fraction of sp³-hybridized carbons (Fsp3) is 1.00. The Balaban J connectivity index is 2.55. The van der Waals surface area contributed by atoms with Crippen LogP contribution in [0.2, 0.25) is 0 Å². The second-order valence-electron chi connectivity index (χ2n) is 3.08. The quantitative estimate of drug-likeness (QED) is 0.574. The molecule has 0 radical (unpaired) electrons. The third-order valence-corrected chi connectivity index (χ3v) is 1.64. The van der Waals surface area contributed by atoms with Crippen LogP contribution in [-0.4, -0.2) is 41.4 Å². The minimum Gasteiger partial charge on any atom is -0.394 e. The van der Waals surface area contributed by atoms with Gasteiger partial charge in [-0.3, -0.25) is 0 Å². The van der Waals surface area contributed by atoms with Gasteiger partial charge in [0, 0.05) is 0 Å². The molecule has 1 heterocycles. The molecule has 0 aromatic rings. The molecule has 0 unspecified atom stereocenters. The molecular weight excluding hydrogens is 148 g/mol. The van der Waals surface area contributed by atoms with Gasteiger partial charge in [0.15, 0.2) is 5.79 Å². The first-order chi connectivity index (χ1) is 5.09. The van der Waals surface area contributed by atoms with Gasteiger partial charge in [0.2, 0.25) is 0 Å². The first-order valence-corrected chi connectivity index (χ1v) is 3.66. The summed E-state index contributed by atoms with van der Waals surface area (Å²) in [6.45, 7) is 3.28. The highest BCUT2D eigenvalue weighted by Crippen LogP contribution is 2.27. The minimum absolute atomic E-state index is 0.116. The first-order valence-electron chi connectivity index (χ1n) is 3.66. The lowest BCUT2D eigenvalue weighted by molar-refractivity contribution is -0.151. The van der Waals surface area contributed by atoms with Crippen molar-refractivity contribution in [2.75, 3.05) is 13.2 Å². The lowest BCUT2D eigenvalue weighted by atomic mass is 10.2. The molecule has 0 aromatic carbocycles. The Morgan fingerprint density at radius 1 is 1.09 bits per heavy atom. The molecule has 4 nitrogen and oxygen atoms in total. The zero-order valence-corrected chi connectivity index (χ0v) is 6.78. The van der Waals surface area contributed by atoms with E-state index in [2.05, 4.69) is 0 Å². The van der Waals surface area contributed by atoms with Gasteiger partial charge in [-0.05, 0) is 13.8 Å². The molecule has 2 atom stereocenters.